The number of hydrogen-bond acceptors (Lipinski definition) is 2. The monoisotopic (exact) mass is 304 g/mol. The molecule has 0 aliphatic carbocycles. The summed E-state index contributed by atoms with van der Waals surface area (Å²) in [6, 6.07) is 5.77. The van der Waals surface area contributed by atoms with E-state index in [1.807, 2.05) is 0 Å². The summed E-state index contributed by atoms with van der Waals surface area (Å²) in [6.45, 7) is -0.542. The van der Waals surface area contributed by atoms with E-state index in [0.29, 0.717) is 0 Å². The molecule has 2 N–H and O–H groups in total. The molecule has 0 aliphatic heterocycles. The summed E-state index contributed by atoms with van der Waals surface area (Å²) in [4.78, 5) is 21.8. The van der Waals surface area contributed by atoms with E-state index in [1.165, 1.54) is 24.3 Å². The third-order valence-electron chi connectivity index (χ3n) is 2.29. The number of carbonyl (C=O) groups excluding carboxylic acids is 2. The molecule has 0 saturated heterocycles. The van der Waals surface area contributed by atoms with Gasteiger partial charge in [0.15, 0.2) is 0 Å². The first-order valence-corrected chi connectivity index (χ1v) is 5.86. The van der Waals surface area contributed by atoms with Crippen molar-refractivity contribution in [3.8, 4) is 0 Å². The van der Waals surface area contributed by atoms with Crippen LogP contribution in [0.2, 0.25) is 0 Å². The zero-order chi connectivity index (χ0) is 15.9. The van der Waals surface area contributed by atoms with E-state index in [-0.39, 0.29) is 18.7 Å². The second-order valence-corrected chi connectivity index (χ2v) is 3.90. The standard InChI is InChI=1S/C13H12F4N2O2/c14-10-4-2-1-3-9(10)5-6-11(20)18-7-8-19-12(21)13(15,16)17/h1-6H,7-8H2,(H,18,20)(H,19,21)/b6-5+. The molecule has 8 heteroatoms. The van der Waals surface area contributed by atoms with Crippen LogP contribution in [0.25, 0.3) is 6.08 Å². The molecule has 0 spiro atoms. The van der Waals surface area contributed by atoms with Gasteiger partial charge in [-0.1, -0.05) is 18.2 Å². The van der Waals surface area contributed by atoms with Crippen LogP contribution in [0.5, 0.6) is 0 Å². The summed E-state index contributed by atoms with van der Waals surface area (Å²) in [5.74, 6) is -3.18. The maximum absolute atomic E-state index is 13.2. The SMILES string of the molecule is O=C(/C=C/c1ccccc1F)NCCNC(=O)C(F)(F)F. The Balaban J connectivity index is 2.32. The molecule has 0 heterocycles. The van der Waals surface area contributed by atoms with Crippen LogP contribution >= 0.6 is 0 Å². The van der Waals surface area contributed by atoms with E-state index in [9.17, 15) is 27.2 Å². The van der Waals surface area contributed by atoms with Gasteiger partial charge in [-0.2, -0.15) is 13.2 Å². The molecule has 0 fully saturated rings. The van der Waals surface area contributed by atoms with Gasteiger partial charge in [0.25, 0.3) is 0 Å². The average Bonchev–Trinajstić information content (AvgIpc) is 2.41. The van der Waals surface area contributed by atoms with E-state index < -0.39 is 23.8 Å². The van der Waals surface area contributed by atoms with Gasteiger partial charge in [0.1, 0.15) is 5.82 Å². The Morgan fingerprint density at radius 1 is 1.10 bits per heavy atom. The highest BCUT2D eigenvalue weighted by molar-refractivity contribution is 5.91. The topological polar surface area (TPSA) is 58.2 Å². The van der Waals surface area contributed by atoms with Gasteiger partial charge in [-0.05, 0) is 12.1 Å². The Hall–Kier alpha value is -2.38. The molecule has 1 aromatic carbocycles. The highest BCUT2D eigenvalue weighted by Gasteiger charge is 2.38. The number of rotatable bonds is 5. The van der Waals surface area contributed by atoms with E-state index in [1.54, 1.807) is 11.4 Å². The largest absolute Gasteiger partial charge is 0.471 e. The second kappa shape index (κ2) is 7.41. The lowest BCUT2D eigenvalue weighted by Crippen LogP contribution is -2.40. The number of hydrogen-bond donors (Lipinski definition) is 2. The van der Waals surface area contributed by atoms with Crippen molar-refractivity contribution in [2.24, 2.45) is 0 Å². The van der Waals surface area contributed by atoms with Crippen LogP contribution in [0.3, 0.4) is 0 Å². The molecule has 0 saturated carbocycles. The third-order valence-corrected chi connectivity index (χ3v) is 2.29. The fourth-order valence-electron chi connectivity index (χ4n) is 1.30. The van der Waals surface area contributed by atoms with Gasteiger partial charge >= 0.3 is 12.1 Å². The van der Waals surface area contributed by atoms with Crippen molar-refractivity contribution in [2.45, 2.75) is 6.18 Å². The molecule has 114 valence electrons. The molecule has 0 atom stereocenters. The predicted molar refractivity (Wildman–Crippen MR) is 67.5 cm³/mol. The molecule has 1 aromatic rings. The van der Waals surface area contributed by atoms with Crippen molar-refractivity contribution >= 4 is 17.9 Å². The van der Waals surface area contributed by atoms with Crippen LogP contribution < -0.4 is 10.6 Å². The molecule has 4 nitrogen and oxygen atoms in total. The minimum atomic E-state index is -4.95. The molecule has 21 heavy (non-hydrogen) atoms. The first-order valence-electron chi connectivity index (χ1n) is 5.86. The van der Waals surface area contributed by atoms with Crippen LogP contribution in [-0.4, -0.2) is 31.1 Å². The number of amides is 2. The van der Waals surface area contributed by atoms with Gasteiger partial charge in [-0.25, -0.2) is 4.39 Å². The molecule has 0 unspecified atom stereocenters. The van der Waals surface area contributed by atoms with Crippen molar-refractivity contribution in [1.82, 2.24) is 10.6 Å². The van der Waals surface area contributed by atoms with Crippen LogP contribution in [0, 0.1) is 5.82 Å². The van der Waals surface area contributed by atoms with Gasteiger partial charge in [0.2, 0.25) is 5.91 Å². The molecule has 2 amide bonds. The van der Waals surface area contributed by atoms with Crippen LogP contribution in [-0.2, 0) is 9.59 Å². The van der Waals surface area contributed by atoms with Gasteiger partial charge < -0.3 is 10.6 Å². The highest BCUT2D eigenvalue weighted by atomic mass is 19.4. The van der Waals surface area contributed by atoms with Crippen molar-refractivity contribution in [2.75, 3.05) is 13.1 Å². The number of nitrogens with one attached hydrogen (secondary N) is 2. The van der Waals surface area contributed by atoms with Crippen LogP contribution in [0.4, 0.5) is 17.6 Å². The quantitative estimate of drug-likeness (QED) is 0.493. The maximum Gasteiger partial charge on any atom is 0.471 e. The molecular weight excluding hydrogens is 292 g/mol. The summed E-state index contributed by atoms with van der Waals surface area (Å²) < 4.78 is 48.7. The Kier molecular flexibility index (Phi) is 5.89. The minimum Gasteiger partial charge on any atom is -0.351 e. The van der Waals surface area contributed by atoms with Gasteiger partial charge in [-0.15, -0.1) is 0 Å². The predicted octanol–water partition coefficient (Wildman–Crippen LogP) is 1.63. The molecule has 0 aliphatic rings. The Morgan fingerprint density at radius 2 is 1.71 bits per heavy atom. The maximum atomic E-state index is 13.2. The Bertz CT molecular complexity index is 541. The van der Waals surface area contributed by atoms with E-state index >= 15 is 0 Å². The minimum absolute atomic E-state index is 0.178. The lowest BCUT2D eigenvalue weighted by molar-refractivity contribution is -0.173. The first-order chi connectivity index (χ1) is 9.80. The zero-order valence-corrected chi connectivity index (χ0v) is 10.7. The van der Waals surface area contributed by atoms with E-state index in [0.717, 1.165) is 6.08 Å². The fraction of sp³-hybridized carbons (Fsp3) is 0.231. The lowest BCUT2D eigenvalue weighted by atomic mass is 10.2. The Labute approximate surface area is 117 Å². The van der Waals surface area contributed by atoms with Crippen molar-refractivity contribution in [3.05, 3.63) is 41.7 Å². The third kappa shape index (κ3) is 6.07. The molecule has 1 rings (SSSR count). The van der Waals surface area contributed by atoms with Crippen molar-refractivity contribution < 1.29 is 27.2 Å². The summed E-state index contributed by atoms with van der Waals surface area (Å²) in [6.07, 6.45) is -2.67. The molecule has 0 bridgehead atoms. The Morgan fingerprint density at radius 3 is 2.33 bits per heavy atom. The summed E-state index contributed by atoms with van der Waals surface area (Å²) >= 11 is 0. The molecular formula is C13H12F4N2O2. The summed E-state index contributed by atoms with van der Waals surface area (Å²) in [5.41, 5.74) is 0.207. The smallest absolute Gasteiger partial charge is 0.351 e. The van der Waals surface area contributed by atoms with Crippen molar-refractivity contribution in [3.63, 3.8) is 0 Å². The number of alkyl halides is 3. The number of halogens is 4. The highest BCUT2D eigenvalue weighted by Crippen LogP contribution is 2.13. The van der Waals surface area contributed by atoms with Crippen molar-refractivity contribution in [1.29, 1.82) is 0 Å². The first kappa shape index (κ1) is 16.7. The molecule has 0 radical (unpaired) electrons. The number of carbonyl (C=O) groups is 2. The van der Waals surface area contributed by atoms with E-state index in [4.69, 9.17) is 0 Å². The van der Waals surface area contributed by atoms with Gasteiger partial charge in [0.05, 0.1) is 0 Å². The summed E-state index contributed by atoms with van der Waals surface area (Å²) in [7, 11) is 0. The number of benzene rings is 1. The van der Waals surface area contributed by atoms with E-state index in [2.05, 4.69) is 5.32 Å². The zero-order valence-electron chi connectivity index (χ0n) is 10.7. The fourth-order valence-corrected chi connectivity index (χ4v) is 1.30. The van der Waals surface area contributed by atoms with Crippen LogP contribution in [0.1, 0.15) is 5.56 Å². The molecule has 0 aromatic heterocycles. The average molecular weight is 304 g/mol. The second-order valence-electron chi connectivity index (χ2n) is 3.90. The summed E-state index contributed by atoms with van der Waals surface area (Å²) in [5, 5.41) is 3.85. The van der Waals surface area contributed by atoms with Crippen LogP contribution in [0.15, 0.2) is 30.3 Å². The van der Waals surface area contributed by atoms with Gasteiger partial charge in [-0.3, -0.25) is 9.59 Å². The normalized spacial score (nSPS) is 11.4. The van der Waals surface area contributed by atoms with Gasteiger partial charge in [0, 0.05) is 24.7 Å². The lowest BCUT2D eigenvalue weighted by Gasteiger charge is -2.07.